The zero-order valence-corrected chi connectivity index (χ0v) is 14.7. The molecular formula is C19H24N4O2. The number of benzene rings is 1. The zero-order valence-electron chi connectivity index (χ0n) is 14.7. The molecule has 2 aliphatic heterocycles. The summed E-state index contributed by atoms with van der Waals surface area (Å²) in [6, 6.07) is 8.21. The van der Waals surface area contributed by atoms with Crippen LogP contribution < -0.4 is 10.1 Å². The van der Waals surface area contributed by atoms with Crippen molar-refractivity contribution in [2.45, 2.75) is 38.4 Å². The van der Waals surface area contributed by atoms with Gasteiger partial charge >= 0.3 is 0 Å². The van der Waals surface area contributed by atoms with Gasteiger partial charge in [-0.05, 0) is 25.5 Å². The van der Waals surface area contributed by atoms with E-state index in [1.165, 1.54) is 5.56 Å². The van der Waals surface area contributed by atoms with E-state index >= 15 is 0 Å². The maximum absolute atomic E-state index is 12.7. The lowest BCUT2D eigenvalue weighted by Crippen LogP contribution is -2.56. The lowest BCUT2D eigenvalue weighted by Gasteiger charge is -2.42. The largest absolute Gasteiger partial charge is 0.493 e. The van der Waals surface area contributed by atoms with Gasteiger partial charge in [0.1, 0.15) is 5.75 Å². The van der Waals surface area contributed by atoms with E-state index in [4.69, 9.17) is 4.74 Å². The molecule has 0 radical (unpaired) electrons. The van der Waals surface area contributed by atoms with Crippen LogP contribution in [-0.2, 0) is 4.79 Å². The highest BCUT2D eigenvalue weighted by atomic mass is 16.5. The van der Waals surface area contributed by atoms with E-state index in [2.05, 4.69) is 21.5 Å². The summed E-state index contributed by atoms with van der Waals surface area (Å²) in [6.45, 7) is 6.38. The Morgan fingerprint density at radius 1 is 1.36 bits per heavy atom. The average molecular weight is 340 g/mol. The van der Waals surface area contributed by atoms with Crippen LogP contribution in [0.5, 0.6) is 5.75 Å². The van der Waals surface area contributed by atoms with E-state index < -0.39 is 0 Å². The van der Waals surface area contributed by atoms with Crippen LogP contribution in [-0.4, -0.2) is 46.3 Å². The summed E-state index contributed by atoms with van der Waals surface area (Å²) in [4.78, 5) is 14.9. The van der Waals surface area contributed by atoms with Gasteiger partial charge in [0.25, 0.3) is 0 Å². The van der Waals surface area contributed by atoms with Crippen LogP contribution in [0.25, 0.3) is 0 Å². The number of aryl methyl sites for hydroxylation is 1. The van der Waals surface area contributed by atoms with Crippen molar-refractivity contribution in [1.29, 1.82) is 0 Å². The fraction of sp³-hybridized carbons (Fsp3) is 0.474. The molecule has 0 saturated carbocycles. The molecule has 2 aromatic rings. The predicted octanol–water partition coefficient (Wildman–Crippen LogP) is 2.08. The Hall–Kier alpha value is -2.34. The smallest absolute Gasteiger partial charge is 0.237 e. The number of amides is 1. The summed E-state index contributed by atoms with van der Waals surface area (Å²) < 4.78 is 7.67. The number of nitrogens with one attached hydrogen (secondary N) is 1. The van der Waals surface area contributed by atoms with Crippen molar-refractivity contribution in [1.82, 2.24) is 20.0 Å². The number of ether oxygens (including phenoxy) is 1. The molecule has 132 valence electrons. The third-order valence-electron chi connectivity index (χ3n) is 5.20. The van der Waals surface area contributed by atoms with Crippen LogP contribution in [0, 0.1) is 6.92 Å². The van der Waals surface area contributed by atoms with Crippen LogP contribution >= 0.6 is 0 Å². The van der Waals surface area contributed by atoms with Gasteiger partial charge < -0.3 is 10.1 Å². The predicted molar refractivity (Wildman–Crippen MR) is 94.5 cm³/mol. The lowest BCUT2D eigenvalue weighted by molar-refractivity contribution is -0.129. The Kier molecular flexibility index (Phi) is 4.21. The van der Waals surface area contributed by atoms with E-state index in [1.807, 2.05) is 49.0 Å². The second-order valence-corrected chi connectivity index (χ2v) is 7.02. The molecule has 4 rings (SSSR count). The van der Waals surface area contributed by atoms with Gasteiger partial charge in [-0.2, -0.15) is 5.10 Å². The first kappa shape index (κ1) is 16.1. The molecule has 2 atom stereocenters. The highest BCUT2D eigenvalue weighted by Gasteiger charge is 2.36. The van der Waals surface area contributed by atoms with E-state index in [1.54, 1.807) is 0 Å². The molecule has 6 nitrogen and oxygen atoms in total. The molecule has 0 unspecified atom stereocenters. The zero-order chi connectivity index (χ0) is 17.4. The Balaban J connectivity index is 1.35. The molecule has 6 heteroatoms. The summed E-state index contributed by atoms with van der Waals surface area (Å²) in [5.41, 5.74) is 2.24. The number of carbonyl (C=O) groups is 1. The standard InChI is InChI=1S/C19H24N4O2/c1-13-9-20-23(10-13)15-11-22(12-15)14(2)19(24)21-17-7-8-25-18-6-4-3-5-16(17)18/h3-6,9-10,14-15,17H,7-8,11-12H2,1-2H3,(H,21,24)/t14-,17+/m0/s1. The highest BCUT2D eigenvalue weighted by molar-refractivity contribution is 5.82. The highest BCUT2D eigenvalue weighted by Crippen LogP contribution is 2.32. The van der Waals surface area contributed by atoms with Gasteiger partial charge in [-0.15, -0.1) is 0 Å². The first-order chi connectivity index (χ1) is 12.1. The quantitative estimate of drug-likeness (QED) is 0.926. The number of fused-ring (bicyclic) bond motifs is 1. The Morgan fingerprint density at radius 2 is 2.16 bits per heavy atom. The molecule has 1 amide bonds. The first-order valence-corrected chi connectivity index (χ1v) is 8.88. The van der Waals surface area contributed by atoms with Gasteiger partial charge in [0.05, 0.1) is 30.9 Å². The van der Waals surface area contributed by atoms with E-state index in [-0.39, 0.29) is 18.0 Å². The number of aromatic nitrogens is 2. The molecule has 0 aliphatic carbocycles. The summed E-state index contributed by atoms with van der Waals surface area (Å²) in [5, 5.41) is 7.57. The Bertz CT molecular complexity index is 766. The minimum atomic E-state index is -0.136. The van der Waals surface area contributed by atoms with Crippen molar-refractivity contribution >= 4 is 5.91 Å². The number of likely N-dealkylation sites (tertiary alicyclic amines) is 1. The third-order valence-corrected chi connectivity index (χ3v) is 5.20. The number of hydrogen-bond acceptors (Lipinski definition) is 4. The second-order valence-electron chi connectivity index (χ2n) is 7.02. The van der Waals surface area contributed by atoms with Crippen molar-refractivity contribution in [2.75, 3.05) is 19.7 Å². The van der Waals surface area contributed by atoms with Gasteiger partial charge in [0.15, 0.2) is 0 Å². The van der Waals surface area contributed by atoms with Gasteiger partial charge in [-0.25, -0.2) is 0 Å². The van der Waals surface area contributed by atoms with Crippen molar-refractivity contribution < 1.29 is 9.53 Å². The van der Waals surface area contributed by atoms with Crippen LogP contribution in [0.1, 0.15) is 36.6 Å². The number of nitrogens with zero attached hydrogens (tertiary/aromatic N) is 3. The van der Waals surface area contributed by atoms with Crippen molar-refractivity contribution in [3.05, 3.63) is 47.8 Å². The molecule has 3 heterocycles. The first-order valence-electron chi connectivity index (χ1n) is 8.88. The molecule has 2 aliphatic rings. The topological polar surface area (TPSA) is 59.4 Å². The average Bonchev–Trinajstić information content (AvgIpc) is 2.99. The Morgan fingerprint density at radius 3 is 2.92 bits per heavy atom. The van der Waals surface area contributed by atoms with Gasteiger partial charge in [-0.1, -0.05) is 18.2 Å². The summed E-state index contributed by atoms with van der Waals surface area (Å²) in [6.07, 6.45) is 4.75. The Labute approximate surface area is 147 Å². The van der Waals surface area contributed by atoms with Crippen LogP contribution in [0.3, 0.4) is 0 Å². The molecule has 1 aromatic carbocycles. The summed E-state index contributed by atoms with van der Waals surface area (Å²) >= 11 is 0. The molecule has 0 bridgehead atoms. The number of rotatable bonds is 4. The molecule has 25 heavy (non-hydrogen) atoms. The number of para-hydroxylation sites is 1. The normalized spacial score (nSPS) is 21.8. The van der Waals surface area contributed by atoms with E-state index in [9.17, 15) is 4.79 Å². The third kappa shape index (κ3) is 3.14. The molecule has 1 fully saturated rings. The molecule has 1 saturated heterocycles. The van der Waals surface area contributed by atoms with Gasteiger partial charge in [-0.3, -0.25) is 14.4 Å². The molecule has 0 spiro atoms. The van der Waals surface area contributed by atoms with Gasteiger partial charge in [0.2, 0.25) is 5.91 Å². The monoisotopic (exact) mass is 340 g/mol. The summed E-state index contributed by atoms with van der Waals surface area (Å²) in [5.74, 6) is 0.960. The van der Waals surface area contributed by atoms with Crippen LogP contribution in [0.4, 0.5) is 0 Å². The van der Waals surface area contributed by atoms with Crippen molar-refractivity contribution in [3.63, 3.8) is 0 Å². The summed E-state index contributed by atoms with van der Waals surface area (Å²) in [7, 11) is 0. The minimum Gasteiger partial charge on any atom is -0.493 e. The number of carbonyl (C=O) groups excluding carboxylic acids is 1. The number of hydrogen-bond donors (Lipinski definition) is 1. The minimum absolute atomic E-state index is 0.0331. The SMILES string of the molecule is Cc1cnn(C2CN([C@@H](C)C(=O)N[C@@H]3CCOc4ccccc43)C2)c1. The molecule has 1 N–H and O–H groups in total. The van der Waals surface area contributed by atoms with Gasteiger partial charge in [0, 0.05) is 31.3 Å². The van der Waals surface area contributed by atoms with E-state index in [0.717, 1.165) is 30.8 Å². The lowest BCUT2D eigenvalue weighted by atomic mass is 9.99. The maximum Gasteiger partial charge on any atom is 0.237 e. The maximum atomic E-state index is 12.7. The van der Waals surface area contributed by atoms with Crippen LogP contribution in [0.15, 0.2) is 36.7 Å². The second kappa shape index (κ2) is 6.52. The fourth-order valence-electron chi connectivity index (χ4n) is 3.55. The van der Waals surface area contributed by atoms with Crippen molar-refractivity contribution in [3.8, 4) is 5.75 Å². The van der Waals surface area contributed by atoms with Crippen molar-refractivity contribution in [2.24, 2.45) is 0 Å². The molecular weight excluding hydrogens is 316 g/mol. The van der Waals surface area contributed by atoms with Crippen LogP contribution in [0.2, 0.25) is 0 Å². The fourth-order valence-corrected chi connectivity index (χ4v) is 3.55. The molecule has 1 aromatic heterocycles. The van der Waals surface area contributed by atoms with E-state index in [0.29, 0.717) is 12.6 Å².